The molecule has 1 heterocycles. The summed E-state index contributed by atoms with van der Waals surface area (Å²) in [5.41, 5.74) is 1.20. The number of halogens is 3. The average molecular weight is 404 g/mol. The Morgan fingerprint density at radius 2 is 1.72 bits per heavy atom. The van der Waals surface area contributed by atoms with E-state index in [9.17, 15) is 18.0 Å². The van der Waals surface area contributed by atoms with Crippen molar-refractivity contribution in [2.45, 2.75) is 19.6 Å². The normalized spacial score (nSPS) is 11.3. The molecule has 3 aromatic rings. The smallest absolute Gasteiger partial charge is 0.416 e. The summed E-state index contributed by atoms with van der Waals surface area (Å²) in [5.74, 6) is 0.150. The third kappa shape index (κ3) is 4.77. The molecule has 2 aromatic carbocycles. The second-order valence-corrected chi connectivity index (χ2v) is 6.22. The highest BCUT2D eigenvalue weighted by atomic mass is 19.4. The lowest BCUT2D eigenvalue weighted by Gasteiger charge is -2.08. The maximum Gasteiger partial charge on any atom is 0.416 e. The number of esters is 1. The van der Waals surface area contributed by atoms with E-state index in [0.717, 1.165) is 17.7 Å². The Kier molecular flexibility index (Phi) is 5.91. The summed E-state index contributed by atoms with van der Waals surface area (Å²) in [6.45, 7) is 2.18. The fourth-order valence-electron chi connectivity index (χ4n) is 2.78. The van der Waals surface area contributed by atoms with Crippen LogP contribution in [0.1, 0.15) is 28.5 Å². The van der Waals surface area contributed by atoms with E-state index < -0.39 is 17.7 Å². The van der Waals surface area contributed by atoms with E-state index in [-0.39, 0.29) is 12.3 Å². The van der Waals surface area contributed by atoms with Gasteiger partial charge in [0.25, 0.3) is 0 Å². The van der Waals surface area contributed by atoms with Crippen LogP contribution in [0.15, 0.2) is 54.6 Å². The molecule has 0 radical (unpaired) electrons. The van der Waals surface area contributed by atoms with Crippen LogP contribution in [0.4, 0.5) is 13.2 Å². The van der Waals surface area contributed by atoms with Gasteiger partial charge in [0.05, 0.1) is 31.5 Å². The minimum atomic E-state index is -4.41. The Labute approximate surface area is 165 Å². The van der Waals surface area contributed by atoms with Crippen molar-refractivity contribution in [1.82, 2.24) is 9.78 Å². The number of carbonyl (C=O) groups excluding carboxylic acids is 1. The van der Waals surface area contributed by atoms with Gasteiger partial charge in [-0.3, -0.25) is 4.68 Å². The summed E-state index contributed by atoms with van der Waals surface area (Å²) in [6.07, 6.45) is -4.41. The first-order chi connectivity index (χ1) is 13.8. The first kappa shape index (κ1) is 20.4. The topological polar surface area (TPSA) is 53.3 Å². The predicted molar refractivity (Wildman–Crippen MR) is 101 cm³/mol. The summed E-state index contributed by atoms with van der Waals surface area (Å²) in [4.78, 5) is 12.3. The molecule has 0 saturated heterocycles. The molecule has 0 fully saturated rings. The van der Waals surface area contributed by atoms with Gasteiger partial charge in [-0.25, -0.2) is 4.79 Å². The van der Waals surface area contributed by atoms with Crippen molar-refractivity contribution in [2.24, 2.45) is 0 Å². The van der Waals surface area contributed by atoms with Crippen molar-refractivity contribution in [3.63, 3.8) is 0 Å². The monoisotopic (exact) mass is 404 g/mol. The molecule has 0 aliphatic carbocycles. The Morgan fingerprint density at radius 1 is 1.07 bits per heavy atom. The van der Waals surface area contributed by atoms with Crippen LogP contribution in [0.5, 0.6) is 5.75 Å². The molecule has 29 heavy (non-hydrogen) atoms. The lowest BCUT2D eigenvalue weighted by Crippen LogP contribution is -2.14. The van der Waals surface area contributed by atoms with Gasteiger partial charge in [0.2, 0.25) is 0 Å². The lowest BCUT2D eigenvalue weighted by atomic mass is 10.1. The maximum absolute atomic E-state index is 12.8. The number of ether oxygens (including phenoxy) is 2. The van der Waals surface area contributed by atoms with Crippen LogP contribution in [-0.4, -0.2) is 29.5 Å². The second kappa shape index (κ2) is 8.38. The second-order valence-electron chi connectivity index (χ2n) is 6.22. The first-order valence-electron chi connectivity index (χ1n) is 8.87. The highest BCUT2D eigenvalue weighted by Crippen LogP contribution is 2.31. The number of benzene rings is 2. The number of aromatic nitrogens is 2. The highest BCUT2D eigenvalue weighted by Gasteiger charge is 2.30. The van der Waals surface area contributed by atoms with Crippen LogP contribution < -0.4 is 4.74 Å². The van der Waals surface area contributed by atoms with Gasteiger partial charge in [0.15, 0.2) is 0 Å². The Balaban J connectivity index is 1.94. The highest BCUT2D eigenvalue weighted by molar-refractivity contribution is 5.89. The van der Waals surface area contributed by atoms with E-state index in [0.29, 0.717) is 23.6 Å². The zero-order chi connectivity index (χ0) is 21.0. The van der Waals surface area contributed by atoms with Gasteiger partial charge >= 0.3 is 12.1 Å². The van der Waals surface area contributed by atoms with Crippen LogP contribution in [0.2, 0.25) is 0 Å². The number of hydrogen-bond acceptors (Lipinski definition) is 4. The van der Waals surface area contributed by atoms with Gasteiger partial charge in [-0.15, -0.1) is 0 Å². The third-order valence-electron chi connectivity index (χ3n) is 4.26. The molecule has 152 valence electrons. The fraction of sp³-hybridized carbons (Fsp3) is 0.238. The van der Waals surface area contributed by atoms with Crippen molar-refractivity contribution < 1.29 is 27.4 Å². The Hall–Kier alpha value is -3.29. The number of rotatable bonds is 6. The molecule has 0 atom stereocenters. The van der Waals surface area contributed by atoms with E-state index in [4.69, 9.17) is 9.47 Å². The minimum Gasteiger partial charge on any atom is -0.497 e. The average Bonchev–Trinajstić information content (AvgIpc) is 3.12. The van der Waals surface area contributed by atoms with Crippen LogP contribution in [0, 0.1) is 0 Å². The summed E-state index contributed by atoms with van der Waals surface area (Å²) in [5, 5.41) is 4.42. The van der Waals surface area contributed by atoms with Gasteiger partial charge < -0.3 is 9.47 Å². The number of nitrogens with zero attached hydrogens (tertiary/aromatic N) is 2. The van der Waals surface area contributed by atoms with E-state index in [1.807, 2.05) is 12.1 Å². The van der Waals surface area contributed by atoms with Crippen molar-refractivity contribution in [1.29, 1.82) is 0 Å². The van der Waals surface area contributed by atoms with Gasteiger partial charge in [0, 0.05) is 5.56 Å². The molecule has 0 aliphatic heterocycles. The van der Waals surface area contributed by atoms with E-state index in [2.05, 4.69) is 5.10 Å². The van der Waals surface area contributed by atoms with Crippen LogP contribution in [0.25, 0.3) is 11.3 Å². The molecule has 0 saturated carbocycles. The number of hydrogen-bond donors (Lipinski definition) is 0. The largest absolute Gasteiger partial charge is 0.497 e. The molecule has 0 bridgehead atoms. The lowest BCUT2D eigenvalue weighted by molar-refractivity contribution is -0.137. The van der Waals surface area contributed by atoms with Crippen molar-refractivity contribution in [2.75, 3.05) is 13.7 Å². The fourth-order valence-corrected chi connectivity index (χ4v) is 2.78. The van der Waals surface area contributed by atoms with Crippen molar-refractivity contribution >= 4 is 5.97 Å². The zero-order valence-corrected chi connectivity index (χ0v) is 15.9. The van der Waals surface area contributed by atoms with Crippen LogP contribution in [0.3, 0.4) is 0 Å². The molecular weight excluding hydrogens is 385 g/mol. The van der Waals surface area contributed by atoms with Crippen molar-refractivity contribution in [3.8, 4) is 17.0 Å². The summed E-state index contributed by atoms with van der Waals surface area (Å²) < 4.78 is 50.1. The molecule has 1 aromatic heterocycles. The SMILES string of the molecule is CCOC(=O)c1cc(-c2ccc(C(F)(F)F)cc2)nn1Cc1ccc(OC)cc1. The molecule has 3 rings (SSSR count). The van der Waals surface area contributed by atoms with E-state index in [1.165, 1.54) is 22.9 Å². The van der Waals surface area contributed by atoms with Gasteiger partial charge in [-0.05, 0) is 42.8 Å². The molecule has 5 nitrogen and oxygen atoms in total. The molecule has 0 amide bonds. The third-order valence-corrected chi connectivity index (χ3v) is 4.26. The number of carbonyl (C=O) groups is 1. The molecule has 0 aliphatic rings. The van der Waals surface area contributed by atoms with Crippen LogP contribution >= 0.6 is 0 Å². The molecular formula is C21H19F3N2O3. The van der Waals surface area contributed by atoms with Crippen molar-refractivity contribution in [3.05, 3.63) is 71.4 Å². The molecule has 8 heteroatoms. The first-order valence-corrected chi connectivity index (χ1v) is 8.87. The number of methoxy groups -OCH3 is 1. The number of alkyl halides is 3. The molecule has 0 unspecified atom stereocenters. The van der Waals surface area contributed by atoms with E-state index in [1.54, 1.807) is 26.2 Å². The van der Waals surface area contributed by atoms with E-state index >= 15 is 0 Å². The molecule has 0 N–H and O–H groups in total. The summed E-state index contributed by atoms with van der Waals surface area (Å²) in [6, 6.07) is 13.4. The van der Waals surface area contributed by atoms with Gasteiger partial charge in [-0.1, -0.05) is 24.3 Å². The van der Waals surface area contributed by atoms with Crippen LogP contribution in [-0.2, 0) is 17.5 Å². The zero-order valence-electron chi connectivity index (χ0n) is 15.9. The Bertz CT molecular complexity index is 978. The quantitative estimate of drug-likeness (QED) is 0.554. The van der Waals surface area contributed by atoms with Gasteiger partial charge in [0.1, 0.15) is 11.4 Å². The Morgan fingerprint density at radius 3 is 2.28 bits per heavy atom. The maximum atomic E-state index is 12.8. The summed E-state index contributed by atoms with van der Waals surface area (Å²) in [7, 11) is 1.57. The predicted octanol–water partition coefficient (Wildman–Crippen LogP) is 4.80. The standard InChI is InChI=1S/C21H19F3N2O3/c1-3-29-20(27)19-12-18(15-6-8-16(9-7-15)21(22,23)24)25-26(19)13-14-4-10-17(28-2)11-5-14/h4-12H,3,13H2,1-2H3. The summed E-state index contributed by atoms with van der Waals surface area (Å²) >= 11 is 0. The molecule has 0 spiro atoms. The van der Waals surface area contributed by atoms with Gasteiger partial charge in [-0.2, -0.15) is 18.3 Å². The minimum absolute atomic E-state index is 0.197.